The average molecular weight is 547 g/mol. The molecule has 1 aliphatic heterocycles. The van der Waals surface area contributed by atoms with Crippen LogP contribution in [0, 0.1) is 17.0 Å². The standard InChI is InChI=1S/C28H26N4O4S2/c1-19-25(16-29-30-27(33)18-36-23-12-8-21(9-13-23)28-37-14-15-38-28)24-4-2-3-5-26(24)31(19)17-20-6-10-22(11-7-20)32(34)35/h2-13,16,28H,14-15,17-18H2,1H3,(H,30,33)/b29-16-. The lowest BCUT2D eigenvalue weighted by molar-refractivity contribution is -0.384. The zero-order valence-corrected chi connectivity index (χ0v) is 22.3. The van der Waals surface area contributed by atoms with Gasteiger partial charge in [-0.25, -0.2) is 5.43 Å². The lowest BCUT2D eigenvalue weighted by Crippen LogP contribution is -2.24. The molecule has 0 aliphatic carbocycles. The number of hydrazone groups is 1. The third-order valence-corrected chi connectivity index (χ3v) is 9.40. The number of amides is 1. The molecule has 3 aromatic carbocycles. The van der Waals surface area contributed by atoms with Gasteiger partial charge in [0, 0.05) is 52.3 Å². The van der Waals surface area contributed by atoms with Crippen LogP contribution in [0.1, 0.15) is 27.0 Å². The van der Waals surface area contributed by atoms with Gasteiger partial charge in [0.15, 0.2) is 6.61 Å². The first-order valence-electron chi connectivity index (χ1n) is 12.1. The van der Waals surface area contributed by atoms with Crippen molar-refractivity contribution in [3.63, 3.8) is 0 Å². The Morgan fingerprint density at radius 3 is 2.53 bits per heavy atom. The number of hydrogen-bond acceptors (Lipinski definition) is 7. The Morgan fingerprint density at radius 1 is 1.11 bits per heavy atom. The van der Waals surface area contributed by atoms with Crippen molar-refractivity contribution in [3.8, 4) is 5.75 Å². The molecule has 1 N–H and O–H groups in total. The molecule has 8 nitrogen and oxygen atoms in total. The average Bonchev–Trinajstić information content (AvgIpc) is 3.56. The van der Waals surface area contributed by atoms with Crippen LogP contribution in [0.5, 0.6) is 5.75 Å². The van der Waals surface area contributed by atoms with Gasteiger partial charge in [0.05, 0.1) is 15.7 Å². The maximum absolute atomic E-state index is 12.3. The molecule has 1 saturated heterocycles. The highest BCUT2D eigenvalue weighted by atomic mass is 32.2. The number of nitro groups is 1. The van der Waals surface area contributed by atoms with Crippen molar-refractivity contribution in [2.24, 2.45) is 5.10 Å². The number of para-hydroxylation sites is 1. The topological polar surface area (TPSA) is 98.8 Å². The van der Waals surface area contributed by atoms with E-state index in [0.29, 0.717) is 16.9 Å². The maximum atomic E-state index is 12.3. The van der Waals surface area contributed by atoms with Gasteiger partial charge in [0.25, 0.3) is 11.6 Å². The van der Waals surface area contributed by atoms with Crippen molar-refractivity contribution >= 4 is 52.2 Å². The number of ether oxygens (including phenoxy) is 1. The van der Waals surface area contributed by atoms with E-state index in [1.165, 1.54) is 29.2 Å². The van der Waals surface area contributed by atoms with E-state index in [0.717, 1.165) is 27.7 Å². The van der Waals surface area contributed by atoms with Crippen LogP contribution in [0.15, 0.2) is 77.9 Å². The monoisotopic (exact) mass is 546 g/mol. The van der Waals surface area contributed by atoms with E-state index in [4.69, 9.17) is 4.74 Å². The highest BCUT2D eigenvalue weighted by Crippen LogP contribution is 2.45. The summed E-state index contributed by atoms with van der Waals surface area (Å²) >= 11 is 3.90. The molecule has 0 unspecified atom stereocenters. The molecule has 5 rings (SSSR count). The summed E-state index contributed by atoms with van der Waals surface area (Å²) in [5, 5.41) is 16.2. The summed E-state index contributed by atoms with van der Waals surface area (Å²) in [7, 11) is 0. The van der Waals surface area contributed by atoms with E-state index in [2.05, 4.69) is 27.2 Å². The second kappa shape index (κ2) is 11.7. The summed E-state index contributed by atoms with van der Waals surface area (Å²) in [5.74, 6) is 2.65. The molecule has 0 spiro atoms. The fraction of sp³-hybridized carbons (Fsp3) is 0.214. The lowest BCUT2D eigenvalue weighted by Gasteiger charge is -2.10. The molecule has 2 heterocycles. The zero-order valence-electron chi connectivity index (χ0n) is 20.7. The SMILES string of the molecule is Cc1c(/C=N\NC(=O)COc2ccc(C3SCCS3)cc2)c2ccccc2n1Cc1ccc([N+](=O)[O-])cc1. The largest absolute Gasteiger partial charge is 0.484 e. The van der Waals surface area contributed by atoms with Crippen LogP contribution in [-0.4, -0.2) is 39.7 Å². The number of nitrogens with one attached hydrogen (secondary N) is 1. The number of non-ortho nitro benzene ring substituents is 1. The van der Waals surface area contributed by atoms with E-state index in [1.54, 1.807) is 18.3 Å². The van der Waals surface area contributed by atoms with Gasteiger partial charge >= 0.3 is 0 Å². The molecule has 1 amide bonds. The molecular formula is C28H26N4O4S2. The summed E-state index contributed by atoms with van der Waals surface area (Å²) in [6.45, 7) is 2.41. The molecule has 0 bridgehead atoms. The smallest absolute Gasteiger partial charge is 0.277 e. The molecule has 1 aliphatic rings. The third kappa shape index (κ3) is 5.87. The van der Waals surface area contributed by atoms with Gasteiger partial charge in [-0.1, -0.05) is 42.5 Å². The highest BCUT2D eigenvalue weighted by Gasteiger charge is 2.18. The molecule has 194 valence electrons. The van der Waals surface area contributed by atoms with Crippen LogP contribution in [0.2, 0.25) is 0 Å². The number of aromatic nitrogens is 1. The Labute approximate surface area is 228 Å². The van der Waals surface area contributed by atoms with E-state index in [9.17, 15) is 14.9 Å². The second-order valence-corrected chi connectivity index (χ2v) is 11.5. The number of carbonyl (C=O) groups is 1. The fourth-order valence-corrected chi connectivity index (χ4v) is 7.21. The fourth-order valence-electron chi connectivity index (χ4n) is 4.35. The third-order valence-electron chi connectivity index (χ3n) is 6.29. The number of nitro benzene ring substituents is 1. The predicted molar refractivity (Wildman–Crippen MR) is 154 cm³/mol. The van der Waals surface area contributed by atoms with Crippen LogP contribution < -0.4 is 10.2 Å². The molecule has 0 saturated carbocycles. The summed E-state index contributed by atoms with van der Waals surface area (Å²) in [4.78, 5) is 22.9. The van der Waals surface area contributed by atoms with Crippen molar-refractivity contribution in [1.29, 1.82) is 0 Å². The molecule has 38 heavy (non-hydrogen) atoms. The normalized spacial score (nSPS) is 13.8. The number of carbonyl (C=O) groups excluding carboxylic acids is 1. The first-order chi connectivity index (χ1) is 18.5. The minimum absolute atomic E-state index is 0.0645. The molecule has 10 heteroatoms. The van der Waals surface area contributed by atoms with Crippen molar-refractivity contribution < 1.29 is 14.5 Å². The quantitative estimate of drug-likeness (QED) is 0.159. The molecule has 0 radical (unpaired) electrons. The number of rotatable bonds is 9. The van der Waals surface area contributed by atoms with E-state index in [1.807, 2.05) is 66.8 Å². The minimum atomic E-state index is -0.403. The van der Waals surface area contributed by atoms with Gasteiger partial charge < -0.3 is 9.30 Å². The molecule has 0 atom stereocenters. The van der Waals surface area contributed by atoms with E-state index in [-0.39, 0.29) is 18.2 Å². The Balaban J connectivity index is 1.23. The summed E-state index contributed by atoms with van der Waals surface area (Å²) < 4.78 is 8.24. The van der Waals surface area contributed by atoms with Crippen molar-refractivity contribution in [1.82, 2.24) is 9.99 Å². The molecule has 1 aromatic heterocycles. The maximum Gasteiger partial charge on any atom is 0.277 e. The molecule has 1 fully saturated rings. The number of benzene rings is 3. The van der Waals surface area contributed by atoms with Crippen LogP contribution in [0.25, 0.3) is 10.9 Å². The number of nitrogens with zero attached hydrogens (tertiary/aromatic N) is 3. The number of fused-ring (bicyclic) bond motifs is 1. The van der Waals surface area contributed by atoms with Gasteiger partial charge in [-0.15, -0.1) is 23.5 Å². The van der Waals surface area contributed by atoms with E-state index < -0.39 is 4.92 Å². The lowest BCUT2D eigenvalue weighted by atomic mass is 10.1. The van der Waals surface area contributed by atoms with Gasteiger partial charge in [-0.2, -0.15) is 5.10 Å². The first kappa shape index (κ1) is 25.9. The van der Waals surface area contributed by atoms with Gasteiger partial charge in [-0.3, -0.25) is 14.9 Å². The Bertz CT molecular complexity index is 1480. The summed E-state index contributed by atoms with van der Waals surface area (Å²) in [6.07, 6.45) is 1.65. The summed E-state index contributed by atoms with van der Waals surface area (Å²) in [5.41, 5.74) is 7.70. The van der Waals surface area contributed by atoms with Gasteiger partial charge in [0.2, 0.25) is 0 Å². The van der Waals surface area contributed by atoms with E-state index >= 15 is 0 Å². The van der Waals surface area contributed by atoms with Gasteiger partial charge in [0.1, 0.15) is 5.75 Å². The van der Waals surface area contributed by atoms with Crippen LogP contribution >= 0.6 is 23.5 Å². The first-order valence-corrected chi connectivity index (χ1v) is 14.2. The van der Waals surface area contributed by atoms with Crippen molar-refractivity contribution in [2.45, 2.75) is 18.1 Å². The molecule has 4 aromatic rings. The highest BCUT2D eigenvalue weighted by molar-refractivity contribution is 8.19. The Morgan fingerprint density at radius 2 is 1.82 bits per heavy atom. The van der Waals surface area contributed by atoms with Crippen LogP contribution in [-0.2, 0) is 11.3 Å². The van der Waals surface area contributed by atoms with Gasteiger partial charge in [-0.05, 0) is 36.2 Å². The molecular weight excluding hydrogens is 520 g/mol. The van der Waals surface area contributed by atoms with Crippen molar-refractivity contribution in [3.05, 3.63) is 105 Å². The van der Waals surface area contributed by atoms with Crippen molar-refractivity contribution in [2.75, 3.05) is 18.1 Å². The zero-order chi connectivity index (χ0) is 26.5. The Hall–Kier alpha value is -3.76. The predicted octanol–water partition coefficient (Wildman–Crippen LogP) is 5.91. The number of thioether (sulfide) groups is 2. The van der Waals surface area contributed by atoms with Crippen LogP contribution in [0.3, 0.4) is 0 Å². The van der Waals surface area contributed by atoms with Crippen LogP contribution in [0.4, 0.5) is 5.69 Å². The number of hydrogen-bond donors (Lipinski definition) is 1. The Kier molecular flexibility index (Phi) is 8.00. The second-order valence-electron chi connectivity index (χ2n) is 8.75. The summed E-state index contributed by atoms with van der Waals surface area (Å²) in [6, 6.07) is 22.4. The minimum Gasteiger partial charge on any atom is -0.484 e.